The molecule has 0 aliphatic carbocycles. The molecule has 1 fully saturated rings. The third-order valence-electron chi connectivity index (χ3n) is 9.79. The van der Waals surface area contributed by atoms with Gasteiger partial charge in [0.15, 0.2) is 0 Å². The van der Waals surface area contributed by atoms with Gasteiger partial charge in [-0.05, 0) is 80.0 Å². The minimum Gasteiger partial charge on any atom is -0.460 e. The summed E-state index contributed by atoms with van der Waals surface area (Å²) in [5.41, 5.74) is 10.9. The number of hydrogen-bond donors (Lipinski definition) is 3. The van der Waals surface area contributed by atoms with Gasteiger partial charge in [-0.1, -0.05) is 80.0 Å². The van der Waals surface area contributed by atoms with Crippen LogP contribution in [0, 0.1) is 24.2 Å². The van der Waals surface area contributed by atoms with Crippen LogP contribution < -0.4 is 16.0 Å². The summed E-state index contributed by atoms with van der Waals surface area (Å²) in [5, 5.41) is 12.8. The molecule has 7 atom stereocenters. The number of aryl methyl sites for hydroxylation is 1. The van der Waals surface area contributed by atoms with Crippen LogP contribution in [-0.2, 0) is 41.6 Å². The second-order valence-corrected chi connectivity index (χ2v) is 15.0. The number of epoxide rings is 1. The molecular formula is C38H49ClN6O6. The van der Waals surface area contributed by atoms with Crippen LogP contribution in [0.1, 0.15) is 82.7 Å². The number of azide groups is 1. The molecule has 2 aromatic carbocycles. The second kappa shape index (κ2) is 17.2. The Bertz CT molecular complexity index is 1670. The number of ether oxygens (including phenoxy) is 2. The molecule has 3 unspecified atom stereocenters. The van der Waals surface area contributed by atoms with E-state index >= 15 is 0 Å². The molecule has 2 aromatic rings. The Morgan fingerprint density at radius 1 is 1.00 bits per heavy atom. The summed E-state index contributed by atoms with van der Waals surface area (Å²) < 4.78 is 12.2. The van der Waals surface area contributed by atoms with E-state index in [0.717, 1.165) is 22.3 Å². The standard InChI is InChI=1S/C38H49ClN6O6/c1-21(2)17-30-36(48)50-31(23(4)33-34(51-33)27-15-13-25(14-16-27)20-41-45-40)9-8-10-32(46)43-29(19-26-12-11-22(3)28(39)18-26)35(47)42-24(5)38(6,7)37(49)44-30/h8,10-16,18,21,23-24,29-31,33-34H,9,17,19-20H2,1-7H3,(H,42,47)(H,43,46)(H,44,49)/b10-8+/t23-,24?,29+,30-,31-,33?,34?/m0/s1. The van der Waals surface area contributed by atoms with Crippen molar-refractivity contribution >= 4 is 35.3 Å². The number of esters is 1. The van der Waals surface area contributed by atoms with Crippen molar-refractivity contribution in [3.8, 4) is 0 Å². The average molecular weight is 721 g/mol. The Labute approximate surface area is 304 Å². The molecule has 274 valence electrons. The van der Waals surface area contributed by atoms with Crippen LogP contribution in [0.4, 0.5) is 0 Å². The first-order chi connectivity index (χ1) is 24.1. The molecule has 1 saturated heterocycles. The van der Waals surface area contributed by atoms with E-state index in [1.807, 2.05) is 64.1 Å². The zero-order valence-electron chi connectivity index (χ0n) is 30.3. The molecule has 2 heterocycles. The van der Waals surface area contributed by atoms with Gasteiger partial charge in [-0.2, -0.15) is 0 Å². The van der Waals surface area contributed by atoms with Crippen molar-refractivity contribution in [2.24, 2.45) is 22.4 Å². The number of nitrogens with one attached hydrogen (secondary N) is 3. The van der Waals surface area contributed by atoms with Crippen LogP contribution in [0.15, 0.2) is 59.7 Å². The van der Waals surface area contributed by atoms with Crippen LogP contribution in [0.3, 0.4) is 0 Å². The minimum atomic E-state index is -1.14. The molecule has 0 radical (unpaired) electrons. The molecular weight excluding hydrogens is 672 g/mol. The van der Waals surface area contributed by atoms with Crippen molar-refractivity contribution in [1.82, 2.24) is 16.0 Å². The third-order valence-corrected chi connectivity index (χ3v) is 10.2. The number of hydrogen-bond acceptors (Lipinski definition) is 7. The van der Waals surface area contributed by atoms with E-state index in [4.69, 9.17) is 26.6 Å². The van der Waals surface area contributed by atoms with Crippen LogP contribution >= 0.6 is 11.6 Å². The van der Waals surface area contributed by atoms with Crippen molar-refractivity contribution in [2.45, 2.75) is 111 Å². The van der Waals surface area contributed by atoms with Crippen molar-refractivity contribution < 1.29 is 28.7 Å². The van der Waals surface area contributed by atoms with Gasteiger partial charge in [0.25, 0.3) is 0 Å². The van der Waals surface area contributed by atoms with Crippen LogP contribution in [0.25, 0.3) is 10.4 Å². The predicted octanol–water partition coefficient (Wildman–Crippen LogP) is 6.20. The van der Waals surface area contributed by atoms with Gasteiger partial charge < -0.3 is 25.4 Å². The van der Waals surface area contributed by atoms with Crippen molar-refractivity contribution in [1.29, 1.82) is 0 Å². The molecule has 4 rings (SSSR count). The van der Waals surface area contributed by atoms with E-state index < -0.39 is 53.3 Å². The van der Waals surface area contributed by atoms with E-state index in [9.17, 15) is 19.2 Å². The number of benzene rings is 2. The number of nitrogens with zero attached hydrogens (tertiary/aromatic N) is 3. The molecule has 0 bridgehead atoms. The summed E-state index contributed by atoms with van der Waals surface area (Å²) in [5.74, 6) is -2.19. The SMILES string of the molecule is Cc1ccc(C[C@H]2NC(=O)/C=C/C[C@@H]([C@H](C)C3OC3c3ccc(CN=[N+]=[N-])cc3)OC(=O)[C@H](CC(C)C)NC(=O)C(C)(C)C(C)NC2=O)cc1Cl. The summed E-state index contributed by atoms with van der Waals surface area (Å²) in [7, 11) is 0. The number of carbonyl (C=O) groups is 4. The highest BCUT2D eigenvalue weighted by Crippen LogP contribution is 2.45. The van der Waals surface area contributed by atoms with E-state index in [1.54, 1.807) is 32.9 Å². The number of rotatable bonds is 9. The fourth-order valence-corrected chi connectivity index (χ4v) is 6.19. The first-order valence-electron chi connectivity index (χ1n) is 17.4. The van der Waals surface area contributed by atoms with Gasteiger partial charge in [0.05, 0.1) is 18.1 Å². The maximum Gasteiger partial charge on any atom is 0.328 e. The van der Waals surface area contributed by atoms with E-state index in [2.05, 4.69) is 26.0 Å². The molecule has 2 aliphatic rings. The summed E-state index contributed by atoms with van der Waals surface area (Å²) in [6, 6.07) is 10.5. The highest BCUT2D eigenvalue weighted by Gasteiger charge is 2.48. The highest BCUT2D eigenvalue weighted by molar-refractivity contribution is 6.31. The Hall–Kier alpha value is -4.38. The van der Waals surface area contributed by atoms with Crippen molar-refractivity contribution in [3.63, 3.8) is 0 Å². The highest BCUT2D eigenvalue weighted by atomic mass is 35.5. The third kappa shape index (κ3) is 10.6. The Kier molecular flexibility index (Phi) is 13.3. The first-order valence-corrected chi connectivity index (χ1v) is 17.8. The van der Waals surface area contributed by atoms with E-state index in [-0.39, 0.29) is 43.4 Å². The average Bonchev–Trinajstić information content (AvgIpc) is 3.88. The van der Waals surface area contributed by atoms with Gasteiger partial charge in [-0.3, -0.25) is 14.4 Å². The van der Waals surface area contributed by atoms with Crippen molar-refractivity contribution in [2.75, 3.05) is 0 Å². The Balaban J connectivity index is 1.62. The predicted molar refractivity (Wildman–Crippen MR) is 194 cm³/mol. The lowest BCUT2D eigenvalue weighted by molar-refractivity contribution is -0.157. The summed E-state index contributed by atoms with van der Waals surface area (Å²) >= 11 is 6.36. The molecule has 0 aromatic heterocycles. The van der Waals surface area contributed by atoms with Crippen LogP contribution in [0.2, 0.25) is 5.02 Å². The first kappa shape index (κ1) is 39.4. The van der Waals surface area contributed by atoms with E-state index in [1.165, 1.54) is 6.08 Å². The van der Waals surface area contributed by atoms with Gasteiger partial charge in [-0.15, -0.1) is 0 Å². The molecule has 13 heteroatoms. The zero-order valence-corrected chi connectivity index (χ0v) is 31.1. The smallest absolute Gasteiger partial charge is 0.328 e. The van der Waals surface area contributed by atoms with Gasteiger partial charge in [-0.25, -0.2) is 4.79 Å². The normalized spacial score (nSPS) is 26.9. The molecule has 0 saturated carbocycles. The lowest BCUT2D eigenvalue weighted by Crippen LogP contribution is -2.58. The van der Waals surface area contributed by atoms with Gasteiger partial charge >= 0.3 is 5.97 Å². The molecule has 2 aliphatic heterocycles. The molecule has 51 heavy (non-hydrogen) atoms. The fourth-order valence-electron chi connectivity index (χ4n) is 5.99. The zero-order chi connectivity index (χ0) is 37.5. The lowest BCUT2D eigenvalue weighted by Gasteiger charge is -2.34. The molecule has 3 N–H and O–H groups in total. The fraction of sp³-hybridized carbons (Fsp3) is 0.526. The van der Waals surface area contributed by atoms with Gasteiger partial charge in [0.2, 0.25) is 17.7 Å². The van der Waals surface area contributed by atoms with Crippen molar-refractivity contribution in [3.05, 3.63) is 92.3 Å². The molecule has 3 amide bonds. The quantitative estimate of drug-likeness (QED) is 0.0915. The summed E-state index contributed by atoms with van der Waals surface area (Å²) in [6.45, 7) is 13.1. The number of carbonyl (C=O) groups excluding carboxylic acids is 4. The largest absolute Gasteiger partial charge is 0.460 e. The minimum absolute atomic E-state index is 0.0575. The van der Waals surface area contributed by atoms with Crippen LogP contribution in [0.5, 0.6) is 0 Å². The topological polar surface area (TPSA) is 175 Å². The number of cyclic esters (lactones) is 1. The molecule has 12 nitrogen and oxygen atoms in total. The maximum absolute atomic E-state index is 13.8. The van der Waals surface area contributed by atoms with Gasteiger partial charge in [0, 0.05) is 34.7 Å². The molecule has 0 spiro atoms. The van der Waals surface area contributed by atoms with E-state index in [0.29, 0.717) is 11.4 Å². The Morgan fingerprint density at radius 3 is 2.33 bits per heavy atom. The number of halogens is 1. The van der Waals surface area contributed by atoms with Crippen LogP contribution in [-0.4, -0.2) is 54.0 Å². The monoisotopic (exact) mass is 720 g/mol. The summed E-state index contributed by atoms with van der Waals surface area (Å²) in [4.78, 5) is 57.3. The lowest BCUT2D eigenvalue weighted by atomic mass is 9.83. The maximum atomic E-state index is 13.8. The second-order valence-electron chi connectivity index (χ2n) is 14.6. The Morgan fingerprint density at radius 2 is 1.69 bits per heavy atom. The number of amides is 3. The summed E-state index contributed by atoms with van der Waals surface area (Å²) in [6.07, 6.45) is 2.47. The van der Waals surface area contributed by atoms with Gasteiger partial charge in [0.1, 0.15) is 24.3 Å².